The quantitative estimate of drug-likeness (QED) is 0.625. The number of anilines is 1. The van der Waals surface area contributed by atoms with E-state index in [1.54, 1.807) is 23.2 Å². The maximum absolute atomic E-state index is 12.6. The Morgan fingerprint density at radius 1 is 1.16 bits per heavy atom. The van der Waals surface area contributed by atoms with E-state index in [1.165, 1.54) is 0 Å². The molecule has 0 radical (unpaired) electrons. The number of benzene rings is 1. The van der Waals surface area contributed by atoms with Gasteiger partial charge in [-0.3, -0.25) is 4.79 Å². The lowest BCUT2D eigenvalue weighted by molar-refractivity contribution is 0.0801. The van der Waals surface area contributed by atoms with Crippen molar-refractivity contribution in [1.29, 1.82) is 0 Å². The molecule has 1 fully saturated rings. The van der Waals surface area contributed by atoms with Crippen LogP contribution in [0.3, 0.4) is 0 Å². The second-order valence-corrected chi connectivity index (χ2v) is 8.34. The number of nitrogens with zero attached hydrogens (tertiary/aromatic N) is 3. The summed E-state index contributed by atoms with van der Waals surface area (Å²) in [5, 5.41) is 6.25. The number of hydrogen-bond donors (Lipinski definition) is 2. The SMILES string of the molecule is CN(C)CCNc1cc(C(=O)NCC2CCN(C(=O)OCc3ccccc3)CC2)ccn1. The first-order valence-corrected chi connectivity index (χ1v) is 11.1. The van der Waals surface area contributed by atoms with Crippen LogP contribution in [0.15, 0.2) is 48.7 Å². The van der Waals surface area contributed by atoms with Crippen molar-refractivity contribution in [2.24, 2.45) is 5.92 Å². The Balaban J connectivity index is 1.37. The van der Waals surface area contributed by atoms with Gasteiger partial charge < -0.3 is 25.2 Å². The molecule has 8 heteroatoms. The first-order valence-electron chi connectivity index (χ1n) is 11.1. The smallest absolute Gasteiger partial charge is 0.410 e. The molecule has 1 aromatic carbocycles. The number of carbonyl (C=O) groups excluding carboxylic acids is 2. The van der Waals surface area contributed by atoms with Crippen molar-refractivity contribution < 1.29 is 14.3 Å². The second kappa shape index (κ2) is 12.0. The van der Waals surface area contributed by atoms with Gasteiger partial charge in [0.05, 0.1) is 0 Å². The molecule has 3 rings (SSSR count). The summed E-state index contributed by atoms with van der Waals surface area (Å²) in [5.41, 5.74) is 1.57. The number of ether oxygens (including phenoxy) is 1. The van der Waals surface area contributed by atoms with Crippen LogP contribution in [-0.4, -0.2) is 73.6 Å². The summed E-state index contributed by atoms with van der Waals surface area (Å²) < 4.78 is 5.41. The molecule has 2 amide bonds. The summed E-state index contributed by atoms with van der Waals surface area (Å²) in [6.45, 7) is 3.81. The molecule has 8 nitrogen and oxygen atoms in total. The Hall–Kier alpha value is -3.13. The van der Waals surface area contributed by atoms with Crippen molar-refractivity contribution in [3.63, 3.8) is 0 Å². The number of rotatable bonds is 9. The normalized spacial score (nSPS) is 14.3. The average molecular weight is 440 g/mol. The number of carbonyl (C=O) groups is 2. The van der Waals surface area contributed by atoms with Crippen LogP contribution in [0.1, 0.15) is 28.8 Å². The van der Waals surface area contributed by atoms with E-state index in [-0.39, 0.29) is 18.6 Å². The molecule has 2 heterocycles. The van der Waals surface area contributed by atoms with Crippen molar-refractivity contribution in [2.75, 3.05) is 52.1 Å². The fourth-order valence-electron chi connectivity index (χ4n) is 3.55. The molecule has 0 atom stereocenters. The monoisotopic (exact) mass is 439 g/mol. The minimum atomic E-state index is -0.276. The van der Waals surface area contributed by atoms with Gasteiger partial charge in [0.1, 0.15) is 12.4 Å². The lowest BCUT2D eigenvalue weighted by Crippen LogP contribution is -2.41. The van der Waals surface area contributed by atoms with Crippen LogP contribution in [0, 0.1) is 5.92 Å². The number of nitrogens with one attached hydrogen (secondary N) is 2. The molecule has 0 spiro atoms. The van der Waals surface area contributed by atoms with Gasteiger partial charge in [-0.2, -0.15) is 0 Å². The zero-order valence-electron chi connectivity index (χ0n) is 18.9. The summed E-state index contributed by atoms with van der Waals surface area (Å²) in [6, 6.07) is 13.2. The molecule has 0 saturated carbocycles. The topological polar surface area (TPSA) is 86.8 Å². The summed E-state index contributed by atoms with van der Waals surface area (Å²) in [7, 11) is 4.02. The van der Waals surface area contributed by atoms with E-state index in [4.69, 9.17) is 4.74 Å². The molecule has 0 bridgehead atoms. The first kappa shape index (κ1) is 23.5. The molecule has 172 valence electrons. The Morgan fingerprint density at radius 2 is 1.91 bits per heavy atom. The van der Waals surface area contributed by atoms with Gasteiger partial charge >= 0.3 is 6.09 Å². The van der Waals surface area contributed by atoms with Gasteiger partial charge in [-0.05, 0) is 50.6 Å². The molecule has 0 unspecified atom stereocenters. The zero-order valence-corrected chi connectivity index (χ0v) is 18.9. The van der Waals surface area contributed by atoms with Gasteiger partial charge in [0.25, 0.3) is 5.91 Å². The van der Waals surface area contributed by atoms with Gasteiger partial charge in [0.15, 0.2) is 0 Å². The standard InChI is InChI=1S/C24H33N5O3/c1-28(2)15-12-26-22-16-21(8-11-25-22)23(30)27-17-19-9-13-29(14-10-19)24(31)32-18-20-6-4-3-5-7-20/h3-8,11,16,19H,9-10,12-15,17-18H2,1-2H3,(H,25,26)(H,27,30). The van der Waals surface area contributed by atoms with E-state index in [1.807, 2.05) is 44.4 Å². The molecule has 1 aliphatic rings. The second-order valence-electron chi connectivity index (χ2n) is 8.34. The van der Waals surface area contributed by atoms with Crippen molar-refractivity contribution in [2.45, 2.75) is 19.4 Å². The molecular formula is C24H33N5O3. The largest absolute Gasteiger partial charge is 0.445 e. The van der Waals surface area contributed by atoms with Crippen molar-refractivity contribution in [1.82, 2.24) is 20.1 Å². The lowest BCUT2D eigenvalue weighted by atomic mass is 9.97. The molecule has 1 saturated heterocycles. The van der Waals surface area contributed by atoms with Crippen molar-refractivity contribution in [3.05, 3.63) is 59.8 Å². The van der Waals surface area contributed by atoms with Crippen molar-refractivity contribution in [3.8, 4) is 0 Å². The van der Waals surface area contributed by atoms with E-state index >= 15 is 0 Å². The van der Waals surface area contributed by atoms with E-state index in [0.29, 0.717) is 36.9 Å². The van der Waals surface area contributed by atoms with E-state index in [0.717, 1.165) is 31.5 Å². The Morgan fingerprint density at radius 3 is 2.62 bits per heavy atom. The third-order valence-electron chi connectivity index (χ3n) is 5.52. The number of amides is 2. The third-order valence-corrected chi connectivity index (χ3v) is 5.52. The number of pyridine rings is 1. The van der Waals surface area contributed by atoms with Crippen LogP contribution in [0.2, 0.25) is 0 Å². The van der Waals surface area contributed by atoms with Crippen LogP contribution >= 0.6 is 0 Å². The average Bonchev–Trinajstić information content (AvgIpc) is 2.82. The van der Waals surface area contributed by atoms with Crippen LogP contribution in [0.4, 0.5) is 10.6 Å². The highest BCUT2D eigenvalue weighted by Crippen LogP contribution is 2.18. The Labute approximate surface area is 190 Å². The molecule has 2 N–H and O–H groups in total. The summed E-state index contributed by atoms with van der Waals surface area (Å²) >= 11 is 0. The first-order chi connectivity index (χ1) is 15.5. The third kappa shape index (κ3) is 7.53. The fourth-order valence-corrected chi connectivity index (χ4v) is 3.55. The van der Waals surface area contributed by atoms with Gasteiger partial charge in [-0.15, -0.1) is 0 Å². The highest BCUT2D eigenvalue weighted by Gasteiger charge is 2.24. The molecule has 1 aromatic heterocycles. The minimum absolute atomic E-state index is 0.104. The van der Waals surface area contributed by atoms with E-state index in [2.05, 4.69) is 20.5 Å². The maximum Gasteiger partial charge on any atom is 0.410 e. The summed E-state index contributed by atoms with van der Waals surface area (Å²) in [6.07, 6.45) is 3.05. The summed E-state index contributed by atoms with van der Waals surface area (Å²) in [4.78, 5) is 32.9. The zero-order chi connectivity index (χ0) is 22.8. The number of likely N-dealkylation sites (N-methyl/N-ethyl adjacent to an activating group) is 1. The number of likely N-dealkylation sites (tertiary alicyclic amines) is 1. The van der Waals surface area contributed by atoms with Crippen LogP contribution in [0.5, 0.6) is 0 Å². The van der Waals surface area contributed by atoms with Gasteiger partial charge in [-0.25, -0.2) is 9.78 Å². The number of hydrogen-bond acceptors (Lipinski definition) is 6. The van der Waals surface area contributed by atoms with Gasteiger partial charge in [-0.1, -0.05) is 30.3 Å². The van der Waals surface area contributed by atoms with E-state index in [9.17, 15) is 9.59 Å². The molecule has 2 aromatic rings. The molecule has 0 aliphatic carbocycles. The molecule has 32 heavy (non-hydrogen) atoms. The Kier molecular flexibility index (Phi) is 8.86. The lowest BCUT2D eigenvalue weighted by Gasteiger charge is -2.31. The summed E-state index contributed by atoms with van der Waals surface area (Å²) in [5.74, 6) is 0.936. The minimum Gasteiger partial charge on any atom is -0.445 e. The van der Waals surface area contributed by atoms with Crippen LogP contribution in [0.25, 0.3) is 0 Å². The highest BCUT2D eigenvalue weighted by atomic mass is 16.6. The van der Waals surface area contributed by atoms with Gasteiger partial charge in [0.2, 0.25) is 0 Å². The number of piperidine rings is 1. The molecule has 1 aliphatic heterocycles. The van der Waals surface area contributed by atoms with Crippen molar-refractivity contribution >= 4 is 17.8 Å². The predicted molar refractivity (Wildman–Crippen MR) is 125 cm³/mol. The molecular weight excluding hydrogens is 406 g/mol. The highest BCUT2D eigenvalue weighted by molar-refractivity contribution is 5.94. The maximum atomic E-state index is 12.6. The fraction of sp³-hybridized carbons (Fsp3) is 0.458. The van der Waals surface area contributed by atoms with Crippen LogP contribution in [-0.2, 0) is 11.3 Å². The Bertz CT molecular complexity index is 867. The predicted octanol–water partition coefficient (Wildman–Crippen LogP) is 2.83. The number of aromatic nitrogens is 1. The van der Waals surface area contributed by atoms with E-state index < -0.39 is 0 Å². The van der Waals surface area contributed by atoms with Crippen LogP contribution < -0.4 is 10.6 Å². The van der Waals surface area contributed by atoms with Gasteiger partial charge in [0, 0.05) is 44.5 Å².